The number of nitrogens with zero attached hydrogens (tertiary/aromatic N) is 4. The van der Waals surface area contributed by atoms with Crippen LogP contribution in [-0.4, -0.2) is 92.5 Å². The summed E-state index contributed by atoms with van der Waals surface area (Å²) < 4.78 is 24.5. The fraction of sp³-hybridized carbons (Fsp3) is 0.614. The molecule has 294 valence electrons. The van der Waals surface area contributed by atoms with E-state index in [1.165, 1.54) is 5.57 Å². The maximum Gasteiger partial charge on any atom is 0.256 e. The van der Waals surface area contributed by atoms with Gasteiger partial charge >= 0.3 is 0 Å². The molecule has 0 aliphatic carbocycles. The third-order valence-electron chi connectivity index (χ3n) is 12.4. The van der Waals surface area contributed by atoms with Gasteiger partial charge in [-0.3, -0.25) is 14.6 Å². The number of ether oxygens (including phenoxy) is 4. The standard InChI is InChI=1S/C44H62N4O6/c1-11-28(3)48-29(4)35-20-30(12-2)26-47(35)42(50)33-22-38(52-10)40(24-36(33)48)53-19-17-43(5,6)15-16-44(7,8)27-54-39-23-34-32(21-37(39)51-9)41(49)46-18-13-14-31(46)25-45-34/h12,21-25,28-29,31,35H,11,13-20,26-27H2,1-10H3/b30-12+/t28?,29?,31?,35-/m0/s1. The molecule has 2 fully saturated rings. The molecule has 4 atom stereocenters. The van der Waals surface area contributed by atoms with Crippen molar-refractivity contribution >= 4 is 29.4 Å². The quantitative estimate of drug-likeness (QED) is 0.179. The Hall–Kier alpha value is -4.21. The van der Waals surface area contributed by atoms with Crippen molar-refractivity contribution in [3.05, 3.63) is 47.0 Å². The Kier molecular flexibility index (Phi) is 11.6. The number of allylic oxidation sites excluding steroid dienone is 1. The summed E-state index contributed by atoms with van der Waals surface area (Å²) >= 11 is 0. The highest BCUT2D eigenvalue weighted by Gasteiger charge is 2.44. The van der Waals surface area contributed by atoms with E-state index < -0.39 is 0 Å². The number of amides is 2. The molecule has 4 aliphatic heterocycles. The van der Waals surface area contributed by atoms with E-state index in [2.05, 4.69) is 71.3 Å². The highest BCUT2D eigenvalue weighted by atomic mass is 16.5. The van der Waals surface area contributed by atoms with Crippen LogP contribution in [0.1, 0.15) is 121 Å². The summed E-state index contributed by atoms with van der Waals surface area (Å²) in [5.74, 6) is 2.47. The Morgan fingerprint density at radius 2 is 1.56 bits per heavy atom. The largest absolute Gasteiger partial charge is 0.493 e. The van der Waals surface area contributed by atoms with Crippen LogP contribution >= 0.6 is 0 Å². The van der Waals surface area contributed by atoms with Gasteiger partial charge in [-0.25, -0.2) is 0 Å². The Labute approximate surface area is 322 Å². The molecule has 2 aromatic carbocycles. The molecule has 6 rings (SSSR count). The molecule has 4 heterocycles. The maximum atomic E-state index is 14.1. The molecule has 4 aliphatic rings. The van der Waals surface area contributed by atoms with Crippen LogP contribution in [0.5, 0.6) is 23.0 Å². The summed E-state index contributed by atoms with van der Waals surface area (Å²) in [5, 5.41) is 0. The molecule has 2 saturated heterocycles. The van der Waals surface area contributed by atoms with Crippen LogP contribution < -0.4 is 23.8 Å². The molecule has 0 radical (unpaired) electrons. The van der Waals surface area contributed by atoms with Crippen LogP contribution in [0.2, 0.25) is 0 Å². The molecule has 54 heavy (non-hydrogen) atoms. The van der Waals surface area contributed by atoms with E-state index in [0.717, 1.165) is 57.2 Å². The van der Waals surface area contributed by atoms with Crippen LogP contribution in [0.25, 0.3) is 0 Å². The summed E-state index contributed by atoms with van der Waals surface area (Å²) in [5.41, 5.74) is 4.00. The minimum atomic E-state index is -0.122. The zero-order valence-electron chi connectivity index (χ0n) is 34.3. The number of benzene rings is 2. The van der Waals surface area contributed by atoms with E-state index in [9.17, 15) is 9.59 Å². The number of rotatable bonds is 14. The Balaban J connectivity index is 1.10. The molecular formula is C44H62N4O6. The average Bonchev–Trinajstić information content (AvgIpc) is 3.78. The molecule has 0 saturated carbocycles. The topological polar surface area (TPSA) is 93.1 Å². The van der Waals surface area contributed by atoms with Crippen molar-refractivity contribution in [2.45, 2.75) is 125 Å². The number of carbonyl (C=O) groups is 2. The van der Waals surface area contributed by atoms with Gasteiger partial charge in [-0.1, -0.05) is 46.3 Å². The number of fused-ring (bicyclic) bond motifs is 4. The van der Waals surface area contributed by atoms with E-state index in [1.54, 1.807) is 20.3 Å². The van der Waals surface area contributed by atoms with Crippen LogP contribution in [0.3, 0.4) is 0 Å². The monoisotopic (exact) mass is 742 g/mol. The lowest BCUT2D eigenvalue weighted by molar-refractivity contribution is 0.0730. The van der Waals surface area contributed by atoms with Crippen LogP contribution in [-0.2, 0) is 0 Å². The summed E-state index contributed by atoms with van der Waals surface area (Å²) in [6.45, 7) is 20.2. The van der Waals surface area contributed by atoms with Crippen molar-refractivity contribution < 1.29 is 28.5 Å². The van der Waals surface area contributed by atoms with Crippen molar-refractivity contribution in [1.82, 2.24) is 9.80 Å². The number of anilines is 1. The van der Waals surface area contributed by atoms with E-state index in [-0.39, 0.29) is 46.8 Å². The number of methoxy groups -OCH3 is 2. The minimum Gasteiger partial charge on any atom is -0.493 e. The molecule has 0 N–H and O–H groups in total. The highest BCUT2D eigenvalue weighted by Crippen LogP contribution is 2.44. The number of hydrogen-bond donors (Lipinski definition) is 0. The normalized spacial score (nSPS) is 22.4. The average molecular weight is 743 g/mol. The first-order chi connectivity index (χ1) is 25.7. The predicted octanol–water partition coefficient (Wildman–Crippen LogP) is 8.87. The van der Waals surface area contributed by atoms with Gasteiger partial charge in [0, 0.05) is 43.5 Å². The van der Waals surface area contributed by atoms with Crippen molar-refractivity contribution in [3.8, 4) is 23.0 Å². The van der Waals surface area contributed by atoms with Gasteiger partial charge in [0.25, 0.3) is 11.8 Å². The molecule has 0 aromatic heterocycles. The van der Waals surface area contributed by atoms with Crippen molar-refractivity contribution in [1.29, 1.82) is 0 Å². The molecule has 2 amide bonds. The van der Waals surface area contributed by atoms with Gasteiger partial charge < -0.3 is 33.6 Å². The first-order valence-corrected chi connectivity index (χ1v) is 20.0. The van der Waals surface area contributed by atoms with E-state index in [1.807, 2.05) is 29.3 Å². The van der Waals surface area contributed by atoms with Gasteiger partial charge in [-0.2, -0.15) is 0 Å². The lowest BCUT2D eigenvalue weighted by Crippen LogP contribution is -2.49. The Morgan fingerprint density at radius 1 is 0.889 bits per heavy atom. The summed E-state index contributed by atoms with van der Waals surface area (Å²) in [6.07, 6.45) is 10.6. The van der Waals surface area contributed by atoms with Crippen molar-refractivity contribution in [2.24, 2.45) is 15.8 Å². The molecule has 2 aromatic rings. The highest BCUT2D eigenvalue weighted by molar-refractivity contribution is 6.04. The molecule has 10 nitrogen and oxygen atoms in total. The zero-order chi connectivity index (χ0) is 38.9. The van der Waals surface area contributed by atoms with Crippen molar-refractivity contribution in [2.75, 3.05) is 45.4 Å². The number of hydrogen-bond acceptors (Lipinski definition) is 8. The van der Waals surface area contributed by atoms with Crippen LogP contribution in [0, 0.1) is 10.8 Å². The minimum absolute atomic E-state index is 0.00287. The summed E-state index contributed by atoms with van der Waals surface area (Å²) in [4.78, 5) is 38.5. The van der Waals surface area contributed by atoms with Crippen LogP contribution in [0.4, 0.5) is 11.4 Å². The second kappa shape index (κ2) is 15.9. The van der Waals surface area contributed by atoms with E-state index in [4.69, 9.17) is 23.9 Å². The van der Waals surface area contributed by atoms with Gasteiger partial charge in [-0.05, 0) is 88.7 Å². The molecule has 0 bridgehead atoms. The number of carbonyl (C=O) groups excluding carboxylic acids is 2. The molecule has 3 unspecified atom stereocenters. The Bertz CT molecular complexity index is 1780. The smallest absolute Gasteiger partial charge is 0.256 e. The third kappa shape index (κ3) is 7.94. The molecular weight excluding hydrogens is 681 g/mol. The summed E-state index contributed by atoms with van der Waals surface area (Å²) in [6, 6.07) is 8.15. The second-order valence-electron chi connectivity index (χ2n) is 17.3. The van der Waals surface area contributed by atoms with Gasteiger partial charge in [-0.15, -0.1) is 0 Å². The summed E-state index contributed by atoms with van der Waals surface area (Å²) in [7, 11) is 3.25. The second-order valence-corrected chi connectivity index (χ2v) is 17.3. The van der Waals surface area contributed by atoms with E-state index >= 15 is 0 Å². The van der Waals surface area contributed by atoms with Gasteiger partial charge in [0.1, 0.15) is 0 Å². The molecule has 10 heteroatoms. The SMILES string of the molecule is C/C=C1\C[C@H]2C(C)N(C(C)CC)c3cc(OCCC(C)(C)CCC(C)(C)COc4cc5c(cc4OC)C(=O)N4CCCC4C=N5)c(OC)cc3C(=O)N2C1. The van der Waals surface area contributed by atoms with Gasteiger partial charge in [0.15, 0.2) is 23.0 Å². The third-order valence-corrected chi connectivity index (χ3v) is 12.4. The lowest BCUT2D eigenvalue weighted by Gasteiger charge is -2.39. The Morgan fingerprint density at radius 3 is 2.24 bits per heavy atom. The van der Waals surface area contributed by atoms with Gasteiger partial charge in [0.2, 0.25) is 0 Å². The zero-order valence-corrected chi connectivity index (χ0v) is 34.3. The fourth-order valence-corrected chi connectivity index (χ4v) is 8.45. The fourth-order valence-electron chi connectivity index (χ4n) is 8.45. The van der Waals surface area contributed by atoms with Gasteiger partial charge in [0.05, 0.1) is 62.0 Å². The maximum absolute atomic E-state index is 14.1. The predicted molar refractivity (Wildman–Crippen MR) is 215 cm³/mol. The lowest BCUT2D eigenvalue weighted by atomic mass is 9.78. The molecule has 0 spiro atoms. The first-order valence-electron chi connectivity index (χ1n) is 20.0. The number of aliphatic imine (C=N–C) groups is 1. The van der Waals surface area contributed by atoms with E-state index in [0.29, 0.717) is 59.6 Å². The first kappa shape index (κ1) is 39.5. The van der Waals surface area contributed by atoms with Crippen LogP contribution in [0.15, 0.2) is 40.9 Å². The van der Waals surface area contributed by atoms with Crippen molar-refractivity contribution in [3.63, 3.8) is 0 Å².